The highest BCUT2D eigenvalue weighted by molar-refractivity contribution is 5.97. The molecular weight excluding hydrogens is 401 g/mol. The van der Waals surface area contributed by atoms with Crippen LogP contribution in [0.2, 0.25) is 0 Å². The Morgan fingerprint density at radius 3 is 2.58 bits per heavy atom. The lowest BCUT2D eigenvalue weighted by Gasteiger charge is -2.26. The first kappa shape index (κ1) is 22.7. The van der Waals surface area contributed by atoms with Crippen LogP contribution in [-0.4, -0.2) is 62.7 Å². The van der Waals surface area contributed by atoms with E-state index in [4.69, 9.17) is 9.47 Å². The molecule has 0 spiro atoms. The zero-order chi connectivity index (χ0) is 21.9. The van der Waals surface area contributed by atoms with Gasteiger partial charge in [-0.15, -0.1) is 0 Å². The summed E-state index contributed by atoms with van der Waals surface area (Å²) in [5.74, 6) is -0.985. The van der Waals surface area contributed by atoms with Gasteiger partial charge in [0.1, 0.15) is 11.6 Å². The third kappa shape index (κ3) is 7.34. The number of hydrogen-bond donors (Lipinski definition) is 2. The fourth-order valence-electron chi connectivity index (χ4n) is 3.25. The van der Waals surface area contributed by atoms with E-state index in [1.807, 2.05) is 0 Å². The lowest BCUT2D eigenvalue weighted by molar-refractivity contribution is -0.118. The summed E-state index contributed by atoms with van der Waals surface area (Å²) in [4.78, 5) is 27.0. The van der Waals surface area contributed by atoms with E-state index >= 15 is 0 Å². The maximum Gasteiger partial charge on any atom is 0.262 e. The Labute approximate surface area is 181 Å². The zero-order valence-electron chi connectivity index (χ0n) is 17.4. The van der Waals surface area contributed by atoms with Crippen molar-refractivity contribution in [1.82, 2.24) is 10.2 Å². The van der Waals surface area contributed by atoms with Crippen molar-refractivity contribution < 1.29 is 23.5 Å². The first-order valence-electron chi connectivity index (χ1n) is 10.5. The van der Waals surface area contributed by atoms with E-state index in [0.29, 0.717) is 17.9 Å². The predicted octanol–water partition coefficient (Wildman–Crippen LogP) is 2.69. The molecule has 2 amide bonds. The van der Waals surface area contributed by atoms with Gasteiger partial charge in [0.15, 0.2) is 6.61 Å². The van der Waals surface area contributed by atoms with Gasteiger partial charge in [0.25, 0.3) is 11.8 Å². The van der Waals surface area contributed by atoms with Gasteiger partial charge in [-0.2, -0.15) is 0 Å². The number of anilines is 1. The van der Waals surface area contributed by atoms with Crippen molar-refractivity contribution in [2.75, 3.05) is 51.3 Å². The lowest BCUT2D eigenvalue weighted by atomic mass is 10.2. The molecule has 1 fully saturated rings. The quantitative estimate of drug-likeness (QED) is 0.568. The van der Waals surface area contributed by atoms with Gasteiger partial charge in [0, 0.05) is 19.6 Å². The van der Waals surface area contributed by atoms with Gasteiger partial charge in [-0.1, -0.05) is 24.3 Å². The second kappa shape index (κ2) is 12.0. The van der Waals surface area contributed by atoms with Crippen LogP contribution >= 0.6 is 0 Å². The highest BCUT2D eigenvalue weighted by Crippen LogP contribution is 2.18. The van der Waals surface area contributed by atoms with Gasteiger partial charge >= 0.3 is 0 Å². The Kier molecular flexibility index (Phi) is 8.81. The third-order valence-corrected chi connectivity index (χ3v) is 4.93. The molecule has 0 saturated carbocycles. The average Bonchev–Trinajstić information content (AvgIpc) is 2.80. The summed E-state index contributed by atoms with van der Waals surface area (Å²) >= 11 is 0. The third-order valence-electron chi connectivity index (χ3n) is 4.93. The zero-order valence-corrected chi connectivity index (χ0v) is 17.4. The normalized spacial score (nSPS) is 14.1. The number of unbranched alkanes of at least 4 members (excludes halogenated alkanes) is 1. The minimum absolute atomic E-state index is 0.0826. The first-order chi connectivity index (χ1) is 15.1. The second-order valence-electron chi connectivity index (χ2n) is 7.23. The Balaban J connectivity index is 1.42. The van der Waals surface area contributed by atoms with Gasteiger partial charge in [-0.25, -0.2) is 4.39 Å². The van der Waals surface area contributed by atoms with Crippen LogP contribution in [0.15, 0.2) is 48.5 Å². The van der Waals surface area contributed by atoms with E-state index in [9.17, 15) is 14.0 Å². The number of amides is 2. The highest BCUT2D eigenvalue weighted by atomic mass is 19.1. The molecule has 31 heavy (non-hydrogen) atoms. The minimum atomic E-state index is -0.524. The van der Waals surface area contributed by atoms with Gasteiger partial charge in [-0.3, -0.25) is 14.5 Å². The molecule has 2 N–H and O–H groups in total. The summed E-state index contributed by atoms with van der Waals surface area (Å²) in [5, 5.41) is 5.35. The van der Waals surface area contributed by atoms with Crippen molar-refractivity contribution in [1.29, 1.82) is 0 Å². The number of benzene rings is 2. The second-order valence-corrected chi connectivity index (χ2v) is 7.23. The van der Waals surface area contributed by atoms with Crippen LogP contribution in [0.1, 0.15) is 23.2 Å². The van der Waals surface area contributed by atoms with Crippen molar-refractivity contribution in [3.05, 3.63) is 59.9 Å². The molecule has 1 aliphatic heterocycles. The van der Waals surface area contributed by atoms with Crippen LogP contribution in [0.5, 0.6) is 5.75 Å². The molecule has 7 nitrogen and oxygen atoms in total. The molecule has 0 bridgehead atoms. The van der Waals surface area contributed by atoms with Gasteiger partial charge < -0.3 is 20.1 Å². The average molecular weight is 429 g/mol. The SMILES string of the molecule is O=C(COc1ccccc1C(=O)NCCCCN1CCOCC1)Nc1ccccc1F. The topological polar surface area (TPSA) is 79.9 Å². The summed E-state index contributed by atoms with van der Waals surface area (Å²) in [5.41, 5.74) is 0.438. The summed E-state index contributed by atoms with van der Waals surface area (Å²) in [6.45, 7) is 4.71. The monoisotopic (exact) mass is 429 g/mol. The Morgan fingerprint density at radius 2 is 1.77 bits per heavy atom. The Hall–Kier alpha value is -2.97. The van der Waals surface area contributed by atoms with Crippen LogP contribution in [0.4, 0.5) is 10.1 Å². The summed E-state index contributed by atoms with van der Waals surface area (Å²) in [6.07, 6.45) is 1.87. The molecule has 0 radical (unpaired) electrons. The van der Waals surface area contributed by atoms with E-state index in [0.717, 1.165) is 45.7 Å². The first-order valence-corrected chi connectivity index (χ1v) is 10.5. The molecule has 8 heteroatoms. The van der Waals surface area contributed by atoms with Crippen molar-refractivity contribution in [3.8, 4) is 5.75 Å². The van der Waals surface area contributed by atoms with E-state index in [1.54, 1.807) is 36.4 Å². The molecule has 1 aliphatic rings. The number of carbonyl (C=O) groups is 2. The Morgan fingerprint density at radius 1 is 1.03 bits per heavy atom. The molecule has 0 aromatic heterocycles. The fourth-order valence-corrected chi connectivity index (χ4v) is 3.25. The van der Waals surface area contributed by atoms with E-state index in [2.05, 4.69) is 15.5 Å². The molecule has 3 rings (SSSR count). The van der Waals surface area contributed by atoms with Crippen molar-refractivity contribution in [2.24, 2.45) is 0 Å². The number of morpholine rings is 1. The summed E-state index contributed by atoms with van der Waals surface area (Å²) in [6, 6.07) is 12.6. The largest absolute Gasteiger partial charge is 0.483 e. The molecule has 0 aliphatic carbocycles. The smallest absolute Gasteiger partial charge is 0.262 e. The number of rotatable bonds is 10. The standard InChI is InChI=1S/C23H28FN3O4/c24-19-8-2-3-9-20(19)26-22(28)17-31-21-10-4-1-7-18(21)23(29)25-11-5-6-12-27-13-15-30-16-14-27/h1-4,7-10H,5-6,11-17H2,(H,25,29)(H,26,28). The fraction of sp³-hybridized carbons (Fsp3) is 0.391. The van der Waals surface area contributed by atoms with Crippen LogP contribution in [0.25, 0.3) is 0 Å². The molecular formula is C23H28FN3O4. The molecule has 2 aromatic carbocycles. The molecule has 1 saturated heterocycles. The van der Waals surface area contributed by atoms with Crippen molar-refractivity contribution >= 4 is 17.5 Å². The number of carbonyl (C=O) groups excluding carboxylic acids is 2. The van der Waals surface area contributed by atoms with E-state index in [-0.39, 0.29) is 18.2 Å². The Bertz CT molecular complexity index is 871. The van der Waals surface area contributed by atoms with E-state index < -0.39 is 11.7 Å². The number of nitrogens with one attached hydrogen (secondary N) is 2. The van der Waals surface area contributed by atoms with Crippen LogP contribution < -0.4 is 15.4 Å². The van der Waals surface area contributed by atoms with Crippen molar-refractivity contribution in [2.45, 2.75) is 12.8 Å². The maximum absolute atomic E-state index is 13.6. The van der Waals surface area contributed by atoms with Gasteiger partial charge in [-0.05, 0) is 43.7 Å². The molecule has 1 heterocycles. The number of halogens is 1. The number of ether oxygens (including phenoxy) is 2. The van der Waals surface area contributed by atoms with Gasteiger partial charge in [0.05, 0.1) is 24.5 Å². The van der Waals surface area contributed by atoms with Gasteiger partial charge in [0.2, 0.25) is 0 Å². The predicted molar refractivity (Wildman–Crippen MR) is 116 cm³/mol. The molecule has 0 atom stereocenters. The molecule has 2 aromatic rings. The lowest BCUT2D eigenvalue weighted by Crippen LogP contribution is -2.37. The molecule has 166 valence electrons. The van der Waals surface area contributed by atoms with Crippen LogP contribution in [0, 0.1) is 5.82 Å². The highest BCUT2D eigenvalue weighted by Gasteiger charge is 2.14. The molecule has 0 unspecified atom stereocenters. The maximum atomic E-state index is 13.6. The minimum Gasteiger partial charge on any atom is -0.483 e. The van der Waals surface area contributed by atoms with E-state index in [1.165, 1.54) is 12.1 Å². The van der Waals surface area contributed by atoms with Crippen LogP contribution in [-0.2, 0) is 9.53 Å². The number of hydrogen-bond acceptors (Lipinski definition) is 5. The summed E-state index contributed by atoms with van der Waals surface area (Å²) in [7, 11) is 0. The number of nitrogens with zero attached hydrogens (tertiary/aromatic N) is 1. The summed E-state index contributed by atoms with van der Waals surface area (Å²) < 4.78 is 24.5. The number of para-hydroxylation sites is 2. The van der Waals surface area contributed by atoms with Crippen molar-refractivity contribution in [3.63, 3.8) is 0 Å². The van der Waals surface area contributed by atoms with Crippen LogP contribution in [0.3, 0.4) is 0 Å².